The Labute approximate surface area is 83.3 Å². The third-order valence-electron chi connectivity index (χ3n) is 1.85. The van der Waals surface area contributed by atoms with Gasteiger partial charge in [-0.2, -0.15) is 0 Å². The van der Waals surface area contributed by atoms with Crippen LogP contribution in [0.4, 0.5) is 4.39 Å². The molecule has 2 nitrogen and oxygen atoms in total. The van der Waals surface area contributed by atoms with Gasteiger partial charge in [0.05, 0.1) is 13.2 Å². The zero-order valence-electron chi connectivity index (χ0n) is 8.03. The number of hydrogen-bond donors (Lipinski definition) is 1. The summed E-state index contributed by atoms with van der Waals surface area (Å²) in [5.74, 6) is 0. The van der Waals surface area contributed by atoms with Crippen LogP contribution in [0.3, 0.4) is 0 Å². The lowest BCUT2D eigenvalue weighted by Gasteiger charge is -2.07. The maximum absolute atomic E-state index is 12.8. The molecule has 0 aliphatic rings. The summed E-state index contributed by atoms with van der Waals surface area (Å²) in [4.78, 5) is 0. The van der Waals surface area contributed by atoms with Crippen LogP contribution in [0.2, 0.25) is 0 Å². The molecule has 0 aromatic heterocycles. The topological polar surface area (TPSA) is 29.5 Å². The van der Waals surface area contributed by atoms with Crippen molar-refractivity contribution in [2.75, 3.05) is 13.2 Å². The predicted octanol–water partition coefficient (Wildman–Crippen LogP) is 1.92. The number of aliphatic hydroxyl groups is 1. The number of alkyl halides is 1. The summed E-state index contributed by atoms with van der Waals surface area (Å²) in [6.45, 7) is 0.345. The first-order valence-electron chi connectivity index (χ1n) is 4.69. The van der Waals surface area contributed by atoms with E-state index in [2.05, 4.69) is 0 Å². The second kappa shape index (κ2) is 6.51. The zero-order valence-corrected chi connectivity index (χ0v) is 8.03. The van der Waals surface area contributed by atoms with E-state index in [-0.39, 0.29) is 19.6 Å². The first kappa shape index (κ1) is 11.1. The van der Waals surface area contributed by atoms with Crippen molar-refractivity contribution >= 4 is 0 Å². The monoisotopic (exact) mass is 198 g/mol. The fraction of sp³-hybridized carbons (Fsp3) is 0.455. The molecule has 0 bridgehead atoms. The van der Waals surface area contributed by atoms with Crippen LogP contribution in [-0.2, 0) is 11.3 Å². The van der Waals surface area contributed by atoms with Gasteiger partial charge in [-0.1, -0.05) is 30.3 Å². The highest BCUT2D eigenvalue weighted by Gasteiger charge is 2.04. The molecule has 0 saturated heterocycles. The van der Waals surface area contributed by atoms with Crippen LogP contribution in [-0.4, -0.2) is 24.5 Å². The summed E-state index contributed by atoms with van der Waals surface area (Å²) in [6.07, 6.45) is -0.918. The number of halogens is 1. The minimum Gasteiger partial charge on any atom is -0.396 e. The Balaban J connectivity index is 2.16. The van der Waals surface area contributed by atoms with Crippen LogP contribution >= 0.6 is 0 Å². The van der Waals surface area contributed by atoms with E-state index in [0.717, 1.165) is 5.56 Å². The summed E-state index contributed by atoms with van der Waals surface area (Å²) in [5.41, 5.74) is 1.03. The molecule has 0 aliphatic heterocycles. The van der Waals surface area contributed by atoms with Crippen LogP contribution in [0.25, 0.3) is 0 Å². The highest BCUT2D eigenvalue weighted by molar-refractivity contribution is 5.13. The molecule has 1 unspecified atom stereocenters. The van der Waals surface area contributed by atoms with Crippen LogP contribution in [0, 0.1) is 0 Å². The van der Waals surface area contributed by atoms with Crippen molar-refractivity contribution in [3.05, 3.63) is 35.9 Å². The quantitative estimate of drug-likeness (QED) is 0.756. The van der Waals surface area contributed by atoms with Gasteiger partial charge in [0, 0.05) is 13.0 Å². The summed E-state index contributed by atoms with van der Waals surface area (Å²) in [7, 11) is 0. The van der Waals surface area contributed by atoms with E-state index in [0.29, 0.717) is 6.61 Å². The Kier molecular flexibility index (Phi) is 5.19. The third kappa shape index (κ3) is 4.35. The number of hydrogen-bond acceptors (Lipinski definition) is 2. The summed E-state index contributed by atoms with van der Waals surface area (Å²) >= 11 is 0. The van der Waals surface area contributed by atoms with Crippen molar-refractivity contribution in [1.82, 2.24) is 0 Å². The van der Waals surface area contributed by atoms with Gasteiger partial charge in [0.1, 0.15) is 6.17 Å². The lowest BCUT2D eigenvalue weighted by Crippen LogP contribution is -2.11. The molecule has 1 aromatic carbocycles. The van der Waals surface area contributed by atoms with E-state index < -0.39 is 6.17 Å². The lowest BCUT2D eigenvalue weighted by molar-refractivity contribution is 0.0590. The highest BCUT2D eigenvalue weighted by atomic mass is 19.1. The maximum atomic E-state index is 12.8. The summed E-state index contributed by atoms with van der Waals surface area (Å²) < 4.78 is 18.0. The van der Waals surface area contributed by atoms with Crippen molar-refractivity contribution in [3.8, 4) is 0 Å². The average Bonchev–Trinajstić information content (AvgIpc) is 2.20. The molecule has 0 radical (unpaired) electrons. The van der Waals surface area contributed by atoms with Gasteiger partial charge in [-0.05, 0) is 5.56 Å². The third-order valence-corrected chi connectivity index (χ3v) is 1.85. The summed E-state index contributed by atoms with van der Waals surface area (Å²) in [5, 5.41) is 8.46. The van der Waals surface area contributed by atoms with Gasteiger partial charge in [-0.15, -0.1) is 0 Å². The first-order valence-corrected chi connectivity index (χ1v) is 4.69. The van der Waals surface area contributed by atoms with Crippen molar-refractivity contribution in [2.45, 2.75) is 19.2 Å². The SMILES string of the molecule is OCCC(F)COCc1ccccc1. The number of aliphatic hydroxyl groups excluding tert-OH is 1. The van der Waals surface area contributed by atoms with Crippen LogP contribution in [0.15, 0.2) is 30.3 Å². The maximum Gasteiger partial charge on any atom is 0.126 e. The van der Waals surface area contributed by atoms with Crippen LogP contribution < -0.4 is 0 Å². The molecular formula is C11H15FO2. The highest BCUT2D eigenvalue weighted by Crippen LogP contribution is 2.03. The van der Waals surface area contributed by atoms with E-state index in [1.165, 1.54) is 0 Å². The van der Waals surface area contributed by atoms with Gasteiger partial charge in [-0.25, -0.2) is 4.39 Å². The standard InChI is InChI=1S/C11H15FO2/c12-11(6-7-13)9-14-8-10-4-2-1-3-5-10/h1-5,11,13H,6-9H2. The molecule has 0 saturated carbocycles. The second-order valence-corrected chi connectivity index (χ2v) is 3.11. The van der Waals surface area contributed by atoms with Crippen molar-refractivity contribution in [3.63, 3.8) is 0 Å². The molecule has 14 heavy (non-hydrogen) atoms. The molecular weight excluding hydrogens is 183 g/mol. The van der Waals surface area contributed by atoms with E-state index in [1.807, 2.05) is 30.3 Å². The first-order chi connectivity index (χ1) is 6.83. The molecule has 3 heteroatoms. The lowest BCUT2D eigenvalue weighted by atomic mass is 10.2. The minimum absolute atomic E-state index is 0.0510. The Morgan fingerprint density at radius 1 is 1.29 bits per heavy atom. The van der Waals surface area contributed by atoms with Crippen LogP contribution in [0.1, 0.15) is 12.0 Å². The molecule has 1 rings (SSSR count). The Hall–Kier alpha value is -0.930. The zero-order chi connectivity index (χ0) is 10.2. The van der Waals surface area contributed by atoms with Gasteiger partial charge in [0.25, 0.3) is 0 Å². The normalized spacial score (nSPS) is 12.7. The fourth-order valence-corrected chi connectivity index (χ4v) is 1.10. The number of ether oxygens (including phenoxy) is 1. The molecule has 1 atom stereocenters. The molecule has 0 aliphatic carbocycles. The van der Waals surface area contributed by atoms with E-state index in [4.69, 9.17) is 9.84 Å². The Morgan fingerprint density at radius 2 is 2.00 bits per heavy atom. The number of rotatable bonds is 6. The molecule has 78 valence electrons. The number of benzene rings is 1. The molecule has 0 spiro atoms. The molecule has 1 aromatic rings. The molecule has 0 heterocycles. The van der Waals surface area contributed by atoms with Gasteiger partial charge in [0.2, 0.25) is 0 Å². The van der Waals surface area contributed by atoms with Crippen molar-refractivity contribution in [1.29, 1.82) is 0 Å². The van der Waals surface area contributed by atoms with E-state index >= 15 is 0 Å². The van der Waals surface area contributed by atoms with Gasteiger partial charge in [0.15, 0.2) is 0 Å². The smallest absolute Gasteiger partial charge is 0.126 e. The fourth-order valence-electron chi connectivity index (χ4n) is 1.10. The van der Waals surface area contributed by atoms with E-state index in [9.17, 15) is 4.39 Å². The minimum atomic E-state index is -1.07. The average molecular weight is 198 g/mol. The summed E-state index contributed by atoms with van der Waals surface area (Å²) in [6, 6.07) is 9.62. The van der Waals surface area contributed by atoms with E-state index in [1.54, 1.807) is 0 Å². The predicted molar refractivity (Wildman–Crippen MR) is 52.7 cm³/mol. The second-order valence-electron chi connectivity index (χ2n) is 3.11. The Morgan fingerprint density at radius 3 is 2.64 bits per heavy atom. The van der Waals surface area contributed by atoms with Crippen molar-refractivity contribution in [2.24, 2.45) is 0 Å². The Bertz CT molecular complexity index is 238. The van der Waals surface area contributed by atoms with Gasteiger partial charge >= 0.3 is 0 Å². The van der Waals surface area contributed by atoms with Crippen LogP contribution in [0.5, 0.6) is 0 Å². The molecule has 0 amide bonds. The molecule has 0 fully saturated rings. The largest absolute Gasteiger partial charge is 0.396 e. The van der Waals surface area contributed by atoms with Gasteiger partial charge < -0.3 is 9.84 Å². The molecule has 1 N–H and O–H groups in total. The van der Waals surface area contributed by atoms with Crippen molar-refractivity contribution < 1.29 is 14.2 Å². The van der Waals surface area contributed by atoms with Gasteiger partial charge in [-0.3, -0.25) is 0 Å².